The fourth-order valence-electron chi connectivity index (χ4n) is 10.1. The Labute approximate surface area is 345 Å². The lowest BCUT2D eigenvalue weighted by molar-refractivity contribution is 1.15. The maximum absolute atomic E-state index is 6.79. The smallest absolute Gasteiger partial charge is 0.0642 e. The first kappa shape index (κ1) is 32.9. The monoisotopic (exact) mass is 764 g/mol. The molecular formula is C56H36N4. The second kappa shape index (κ2) is 12.5. The highest BCUT2D eigenvalue weighted by molar-refractivity contribution is 6.19. The van der Waals surface area contributed by atoms with Crippen LogP contribution in [0.4, 0.5) is 5.69 Å². The molecular weight excluding hydrogens is 729 g/mol. The highest BCUT2D eigenvalue weighted by Crippen LogP contribution is 2.41. The number of para-hydroxylation sites is 5. The highest BCUT2D eigenvalue weighted by atomic mass is 15.0. The van der Waals surface area contributed by atoms with E-state index in [0.717, 1.165) is 28.1 Å². The number of rotatable bonds is 5. The Kier molecular flexibility index (Phi) is 6.84. The molecule has 0 saturated carbocycles. The van der Waals surface area contributed by atoms with E-state index in [1.54, 1.807) is 0 Å². The summed E-state index contributed by atoms with van der Waals surface area (Å²) in [5.74, 6) is 0. The third-order valence-electron chi connectivity index (χ3n) is 12.7. The van der Waals surface area contributed by atoms with E-state index in [9.17, 15) is 0 Å². The fourth-order valence-corrected chi connectivity index (χ4v) is 10.1. The summed E-state index contributed by atoms with van der Waals surface area (Å²) in [7, 11) is 0. The topological polar surface area (TPSA) is 40.3 Å². The Morgan fingerprint density at radius 3 is 1.47 bits per heavy atom. The SMILES string of the molecule is Nc1ccccc1/C(c1ccccc1)=c1/c2cc(-n3c4ccccc4c4cc(-c5ccc6c(c5)c5ccccc5n6-c5ccccc5)ccc43)cc3c4ccccc4n1c23. The standard InChI is InChI=1S/C56H36N4/c57-48-23-11-7-22-43(48)54(35-15-3-1-4-16-35)56-47-34-39(33-46-42-21-10-14-26-51(42)60(56)55(46)47)59-50-25-13-9-20-41(50)45-32-37(28-30-53(45)59)36-27-29-52-44(31-36)40-19-8-12-24-49(40)58(52)38-17-5-2-6-18-38/h1-34H,57H2/b56-54-. The summed E-state index contributed by atoms with van der Waals surface area (Å²) < 4.78 is 7.29. The molecule has 2 N–H and O–H groups in total. The molecule has 4 heteroatoms. The van der Waals surface area contributed by atoms with Gasteiger partial charge in [-0.15, -0.1) is 0 Å². The number of nitrogens with two attached hydrogens (primary N) is 1. The Balaban J connectivity index is 1.06. The van der Waals surface area contributed by atoms with Crippen LogP contribution in [0, 0.1) is 0 Å². The first-order valence-electron chi connectivity index (χ1n) is 20.6. The second-order valence-electron chi connectivity index (χ2n) is 15.9. The Morgan fingerprint density at radius 2 is 0.833 bits per heavy atom. The van der Waals surface area contributed by atoms with Gasteiger partial charge in [-0.25, -0.2) is 0 Å². The molecule has 0 radical (unpaired) electrons. The van der Waals surface area contributed by atoms with Gasteiger partial charge < -0.3 is 19.3 Å². The zero-order valence-corrected chi connectivity index (χ0v) is 32.5. The van der Waals surface area contributed by atoms with Crippen molar-refractivity contribution in [2.24, 2.45) is 0 Å². The highest BCUT2D eigenvalue weighted by Gasteiger charge is 2.24. The van der Waals surface area contributed by atoms with Crippen LogP contribution in [0.25, 0.3) is 98.9 Å². The van der Waals surface area contributed by atoms with Gasteiger partial charge in [-0.3, -0.25) is 0 Å². The van der Waals surface area contributed by atoms with Crippen LogP contribution in [0.5, 0.6) is 0 Å². The van der Waals surface area contributed by atoms with Crippen molar-refractivity contribution in [3.8, 4) is 22.5 Å². The first-order chi connectivity index (χ1) is 29.7. The van der Waals surface area contributed by atoms with Crippen molar-refractivity contribution in [1.82, 2.24) is 13.5 Å². The largest absolute Gasteiger partial charge is 0.398 e. The third-order valence-corrected chi connectivity index (χ3v) is 12.7. The van der Waals surface area contributed by atoms with Crippen LogP contribution >= 0.6 is 0 Å². The number of benzene rings is 9. The predicted molar refractivity (Wildman–Crippen MR) is 252 cm³/mol. The van der Waals surface area contributed by atoms with Crippen molar-refractivity contribution >= 4 is 82.1 Å². The van der Waals surface area contributed by atoms with Crippen molar-refractivity contribution in [1.29, 1.82) is 0 Å². The molecule has 9 aromatic carbocycles. The maximum Gasteiger partial charge on any atom is 0.0642 e. The Morgan fingerprint density at radius 1 is 0.350 bits per heavy atom. The van der Waals surface area contributed by atoms with E-state index >= 15 is 0 Å². The number of fused-ring (bicyclic) bond motifs is 9. The molecule has 13 rings (SSSR count). The van der Waals surface area contributed by atoms with Crippen LogP contribution in [-0.4, -0.2) is 13.5 Å². The molecule has 0 bridgehead atoms. The van der Waals surface area contributed by atoms with Gasteiger partial charge in [-0.05, 0) is 89.5 Å². The van der Waals surface area contributed by atoms with Gasteiger partial charge in [0.1, 0.15) is 0 Å². The Hall–Kier alpha value is -8.08. The lowest BCUT2D eigenvalue weighted by Gasteiger charge is -2.19. The van der Waals surface area contributed by atoms with Crippen molar-refractivity contribution in [3.63, 3.8) is 0 Å². The average Bonchev–Trinajstić information content (AvgIpc) is 3.93. The predicted octanol–water partition coefficient (Wildman–Crippen LogP) is 13.1. The van der Waals surface area contributed by atoms with Crippen LogP contribution in [0.2, 0.25) is 0 Å². The van der Waals surface area contributed by atoms with E-state index in [1.807, 2.05) is 12.1 Å². The molecule has 0 aliphatic heterocycles. The normalized spacial score (nSPS) is 12.7. The number of hydrogen-bond donors (Lipinski definition) is 1. The summed E-state index contributed by atoms with van der Waals surface area (Å²) in [5.41, 5.74) is 22.8. The molecule has 4 aromatic heterocycles. The summed E-state index contributed by atoms with van der Waals surface area (Å²) in [6, 6.07) is 74.7. The lowest BCUT2D eigenvalue weighted by atomic mass is 9.93. The number of hydrogen-bond acceptors (Lipinski definition) is 1. The summed E-state index contributed by atoms with van der Waals surface area (Å²) in [6.07, 6.45) is 0. The number of nitrogen functional groups attached to an aromatic ring is 1. The zero-order valence-electron chi connectivity index (χ0n) is 32.5. The number of nitrogens with zero attached hydrogens (tertiary/aromatic N) is 3. The van der Waals surface area contributed by atoms with Gasteiger partial charge in [-0.1, -0.05) is 133 Å². The third kappa shape index (κ3) is 4.56. The summed E-state index contributed by atoms with van der Waals surface area (Å²) in [4.78, 5) is 0. The number of aromatic nitrogens is 3. The van der Waals surface area contributed by atoms with Gasteiger partial charge in [0.05, 0.1) is 38.4 Å². The summed E-state index contributed by atoms with van der Waals surface area (Å²) >= 11 is 0. The molecule has 13 aromatic rings. The summed E-state index contributed by atoms with van der Waals surface area (Å²) in [6.45, 7) is 0. The van der Waals surface area contributed by atoms with E-state index in [0.29, 0.717) is 0 Å². The van der Waals surface area contributed by atoms with E-state index < -0.39 is 0 Å². The molecule has 4 nitrogen and oxygen atoms in total. The lowest BCUT2D eigenvalue weighted by Crippen LogP contribution is -2.25. The van der Waals surface area contributed by atoms with E-state index in [-0.39, 0.29) is 0 Å². The van der Waals surface area contributed by atoms with Crippen LogP contribution in [0.3, 0.4) is 0 Å². The molecule has 0 spiro atoms. The Bertz CT molecular complexity index is 3880. The molecule has 0 atom stereocenters. The fraction of sp³-hybridized carbons (Fsp3) is 0. The molecule has 0 amide bonds. The van der Waals surface area contributed by atoms with Gasteiger partial charge in [0.15, 0.2) is 0 Å². The second-order valence-corrected chi connectivity index (χ2v) is 15.9. The minimum atomic E-state index is 0.764. The summed E-state index contributed by atoms with van der Waals surface area (Å²) in [5, 5.41) is 9.86. The molecule has 280 valence electrons. The van der Waals surface area contributed by atoms with Gasteiger partial charge in [0, 0.05) is 65.9 Å². The van der Waals surface area contributed by atoms with Gasteiger partial charge in [-0.2, -0.15) is 0 Å². The van der Waals surface area contributed by atoms with Crippen LogP contribution in [-0.2, 0) is 0 Å². The average molecular weight is 765 g/mol. The van der Waals surface area contributed by atoms with E-state index in [4.69, 9.17) is 5.73 Å². The zero-order chi connectivity index (χ0) is 39.5. The van der Waals surface area contributed by atoms with Gasteiger partial charge >= 0.3 is 0 Å². The van der Waals surface area contributed by atoms with Crippen LogP contribution in [0.1, 0.15) is 11.1 Å². The molecule has 4 heterocycles. The van der Waals surface area contributed by atoms with Gasteiger partial charge in [0.2, 0.25) is 0 Å². The first-order valence-corrected chi connectivity index (χ1v) is 20.6. The van der Waals surface area contributed by atoms with Crippen molar-refractivity contribution in [2.45, 2.75) is 0 Å². The van der Waals surface area contributed by atoms with Crippen molar-refractivity contribution < 1.29 is 0 Å². The van der Waals surface area contributed by atoms with E-state index in [1.165, 1.54) is 93.0 Å². The molecule has 0 aliphatic rings. The van der Waals surface area contributed by atoms with E-state index in [2.05, 4.69) is 208 Å². The molecule has 0 unspecified atom stereocenters. The quantitative estimate of drug-likeness (QED) is 0.174. The molecule has 0 aliphatic carbocycles. The number of anilines is 1. The van der Waals surface area contributed by atoms with Crippen LogP contribution < -0.4 is 11.1 Å². The maximum atomic E-state index is 6.79. The van der Waals surface area contributed by atoms with Crippen LogP contribution in [0.15, 0.2) is 206 Å². The van der Waals surface area contributed by atoms with Crippen molar-refractivity contribution in [2.75, 3.05) is 5.73 Å². The van der Waals surface area contributed by atoms with Crippen molar-refractivity contribution in [3.05, 3.63) is 223 Å². The minimum Gasteiger partial charge on any atom is -0.398 e. The molecule has 0 saturated heterocycles. The molecule has 60 heavy (non-hydrogen) atoms. The minimum absolute atomic E-state index is 0.764. The molecule has 0 fully saturated rings. The van der Waals surface area contributed by atoms with Gasteiger partial charge in [0.25, 0.3) is 0 Å².